The van der Waals surface area contributed by atoms with Crippen molar-refractivity contribution in [3.63, 3.8) is 0 Å². The predicted molar refractivity (Wildman–Crippen MR) is 65.1 cm³/mol. The van der Waals surface area contributed by atoms with E-state index in [1.54, 1.807) is 36.4 Å². The van der Waals surface area contributed by atoms with Crippen LogP contribution in [-0.4, -0.2) is 11.9 Å². The smallest absolute Gasteiger partial charge is 0.359 e. The van der Waals surface area contributed by atoms with Crippen molar-refractivity contribution in [3.8, 4) is 0 Å². The van der Waals surface area contributed by atoms with E-state index < -0.39 is 6.92 Å². The fourth-order valence-electron chi connectivity index (χ4n) is 1.51. The first kappa shape index (κ1) is 11.2. The third-order valence-electron chi connectivity index (χ3n) is 2.35. The molecular formula is C12H9BClFO. The van der Waals surface area contributed by atoms with Crippen LogP contribution in [0.4, 0.5) is 4.39 Å². The zero-order valence-corrected chi connectivity index (χ0v) is 9.16. The SMILES string of the molecule is OB(c1ccc(Cl)cc1)c1cccc(F)c1. The molecule has 0 aromatic heterocycles. The Kier molecular flexibility index (Phi) is 3.27. The lowest BCUT2D eigenvalue weighted by Gasteiger charge is -2.07. The Hall–Kier alpha value is -1.32. The molecule has 0 atom stereocenters. The van der Waals surface area contributed by atoms with Gasteiger partial charge in [0.25, 0.3) is 0 Å². The molecule has 0 bridgehead atoms. The summed E-state index contributed by atoms with van der Waals surface area (Å²) in [7, 11) is 0. The summed E-state index contributed by atoms with van der Waals surface area (Å²) in [5, 5.41) is 10.6. The van der Waals surface area contributed by atoms with Gasteiger partial charge in [-0.15, -0.1) is 0 Å². The molecule has 0 aliphatic carbocycles. The van der Waals surface area contributed by atoms with Crippen molar-refractivity contribution in [1.82, 2.24) is 0 Å². The Morgan fingerprint density at radius 1 is 1.00 bits per heavy atom. The van der Waals surface area contributed by atoms with E-state index in [1.807, 2.05) is 0 Å². The minimum absolute atomic E-state index is 0.356. The third-order valence-corrected chi connectivity index (χ3v) is 2.60. The normalized spacial score (nSPS) is 10.2. The average molecular weight is 234 g/mol. The Labute approximate surface area is 98.6 Å². The first-order chi connectivity index (χ1) is 7.66. The van der Waals surface area contributed by atoms with Crippen molar-refractivity contribution < 1.29 is 9.41 Å². The Bertz CT molecular complexity index is 487. The minimum atomic E-state index is -0.826. The second-order valence-electron chi connectivity index (χ2n) is 3.51. The summed E-state index contributed by atoms with van der Waals surface area (Å²) in [5.74, 6) is -0.356. The highest BCUT2D eigenvalue weighted by Gasteiger charge is 2.16. The molecule has 0 fully saturated rings. The number of benzene rings is 2. The topological polar surface area (TPSA) is 20.2 Å². The summed E-state index contributed by atoms with van der Waals surface area (Å²) < 4.78 is 13.0. The molecule has 0 saturated carbocycles. The van der Waals surface area contributed by atoms with E-state index in [4.69, 9.17) is 11.6 Å². The average Bonchev–Trinajstić information content (AvgIpc) is 2.29. The zero-order chi connectivity index (χ0) is 11.5. The van der Waals surface area contributed by atoms with E-state index in [1.165, 1.54) is 12.1 Å². The number of hydrogen-bond acceptors (Lipinski definition) is 1. The highest BCUT2D eigenvalue weighted by molar-refractivity contribution is 6.78. The van der Waals surface area contributed by atoms with Crippen LogP contribution >= 0.6 is 11.6 Å². The van der Waals surface area contributed by atoms with Crippen LogP contribution in [0.3, 0.4) is 0 Å². The van der Waals surface area contributed by atoms with Gasteiger partial charge in [0.1, 0.15) is 5.82 Å². The monoisotopic (exact) mass is 234 g/mol. The zero-order valence-electron chi connectivity index (χ0n) is 8.40. The molecule has 0 heterocycles. The lowest BCUT2D eigenvalue weighted by Crippen LogP contribution is -2.42. The van der Waals surface area contributed by atoms with Crippen molar-refractivity contribution in [2.24, 2.45) is 0 Å². The second-order valence-corrected chi connectivity index (χ2v) is 3.95. The molecule has 0 radical (unpaired) electrons. The van der Waals surface area contributed by atoms with Crippen molar-refractivity contribution in [2.45, 2.75) is 0 Å². The molecule has 1 N–H and O–H groups in total. The summed E-state index contributed by atoms with van der Waals surface area (Å²) in [6.07, 6.45) is 0. The third kappa shape index (κ3) is 2.43. The number of hydrogen-bond donors (Lipinski definition) is 1. The summed E-state index contributed by atoms with van der Waals surface area (Å²) in [4.78, 5) is 0. The molecule has 2 rings (SSSR count). The van der Waals surface area contributed by atoms with E-state index in [-0.39, 0.29) is 5.82 Å². The maximum atomic E-state index is 13.0. The molecule has 2 aromatic rings. The molecule has 0 saturated heterocycles. The molecule has 0 unspecified atom stereocenters. The van der Waals surface area contributed by atoms with Crippen molar-refractivity contribution in [2.75, 3.05) is 0 Å². The van der Waals surface area contributed by atoms with Gasteiger partial charge in [-0.3, -0.25) is 0 Å². The van der Waals surface area contributed by atoms with Crippen LogP contribution in [0, 0.1) is 5.82 Å². The minimum Gasteiger partial charge on any atom is -0.443 e. The van der Waals surface area contributed by atoms with E-state index in [9.17, 15) is 9.41 Å². The fraction of sp³-hybridized carbons (Fsp3) is 0. The highest BCUT2D eigenvalue weighted by Crippen LogP contribution is 2.04. The molecule has 0 spiro atoms. The Morgan fingerprint density at radius 3 is 2.31 bits per heavy atom. The van der Waals surface area contributed by atoms with Gasteiger partial charge in [0, 0.05) is 5.02 Å². The van der Waals surface area contributed by atoms with E-state index in [0.29, 0.717) is 15.9 Å². The summed E-state index contributed by atoms with van der Waals surface area (Å²) >= 11 is 5.75. The lowest BCUT2D eigenvalue weighted by molar-refractivity contribution is 0.598. The first-order valence-electron chi connectivity index (χ1n) is 4.86. The molecule has 0 aliphatic rings. The van der Waals surface area contributed by atoms with Crippen LogP contribution in [0.15, 0.2) is 48.5 Å². The molecule has 0 amide bonds. The van der Waals surface area contributed by atoms with Crippen molar-refractivity contribution in [1.29, 1.82) is 0 Å². The van der Waals surface area contributed by atoms with E-state index >= 15 is 0 Å². The molecular weight excluding hydrogens is 225 g/mol. The lowest BCUT2D eigenvalue weighted by atomic mass is 9.56. The van der Waals surface area contributed by atoms with Crippen LogP contribution < -0.4 is 10.9 Å². The quantitative estimate of drug-likeness (QED) is 0.782. The molecule has 80 valence electrons. The molecule has 1 nitrogen and oxygen atoms in total. The maximum absolute atomic E-state index is 13.0. The molecule has 2 aromatic carbocycles. The van der Waals surface area contributed by atoms with Gasteiger partial charge in [-0.25, -0.2) is 4.39 Å². The maximum Gasteiger partial charge on any atom is 0.359 e. The molecule has 16 heavy (non-hydrogen) atoms. The number of halogens is 2. The van der Waals surface area contributed by atoms with Crippen LogP contribution in [0.1, 0.15) is 0 Å². The molecule has 4 heteroatoms. The first-order valence-corrected chi connectivity index (χ1v) is 5.23. The summed E-state index contributed by atoms with van der Waals surface area (Å²) in [6.45, 7) is -0.826. The van der Waals surface area contributed by atoms with Crippen LogP contribution in [0.25, 0.3) is 0 Å². The molecule has 0 aliphatic heterocycles. The van der Waals surface area contributed by atoms with Gasteiger partial charge in [-0.1, -0.05) is 35.9 Å². The van der Waals surface area contributed by atoms with Crippen molar-refractivity contribution in [3.05, 3.63) is 59.4 Å². The standard InChI is InChI=1S/C12H9BClFO/c14-11-6-4-9(5-7-11)13(16)10-2-1-3-12(15)8-10/h1-8,16H. The summed E-state index contributed by atoms with van der Waals surface area (Å²) in [6, 6.07) is 12.7. The number of rotatable bonds is 2. The largest absolute Gasteiger partial charge is 0.443 e. The van der Waals surface area contributed by atoms with E-state index in [2.05, 4.69) is 0 Å². The Balaban J connectivity index is 2.31. The van der Waals surface area contributed by atoms with Gasteiger partial charge in [0.05, 0.1) is 0 Å². The van der Waals surface area contributed by atoms with Crippen LogP contribution in [0.2, 0.25) is 5.02 Å². The van der Waals surface area contributed by atoms with Crippen molar-refractivity contribution >= 4 is 29.4 Å². The van der Waals surface area contributed by atoms with Gasteiger partial charge in [0.2, 0.25) is 0 Å². The van der Waals surface area contributed by atoms with Gasteiger partial charge in [-0.05, 0) is 35.2 Å². The predicted octanol–water partition coefficient (Wildman–Crippen LogP) is 1.58. The van der Waals surface area contributed by atoms with Crippen LogP contribution in [-0.2, 0) is 0 Å². The van der Waals surface area contributed by atoms with Gasteiger partial charge in [-0.2, -0.15) is 0 Å². The summed E-state index contributed by atoms with van der Waals surface area (Å²) in [5.41, 5.74) is 1.22. The van der Waals surface area contributed by atoms with Crippen LogP contribution in [0.5, 0.6) is 0 Å². The van der Waals surface area contributed by atoms with Gasteiger partial charge < -0.3 is 5.02 Å². The van der Waals surface area contributed by atoms with Gasteiger partial charge >= 0.3 is 6.92 Å². The fourth-order valence-corrected chi connectivity index (χ4v) is 1.64. The van der Waals surface area contributed by atoms with Gasteiger partial charge in [0.15, 0.2) is 0 Å². The van der Waals surface area contributed by atoms with E-state index in [0.717, 1.165) is 0 Å². The highest BCUT2D eigenvalue weighted by atomic mass is 35.5. The second kappa shape index (κ2) is 4.68. The Morgan fingerprint density at radius 2 is 1.69 bits per heavy atom.